The molecule has 112 valence electrons. The summed E-state index contributed by atoms with van der Waals surface area (Å²) in [6, 6.07) is 7.32. The first-order valence-electron chi connectivity index (χ1n) is 7.08. The summed E-state index contributed by atoms with van der Waals surface area (Å²) in [5.41, 5.74) is 1.60. The van der Waals surface area contributed by atoms with E-state index in [4.69, 9.17) is 0 Å². The van der Waals surface area contributed by atoms with Crippen LogP contribution in [0.25, 0.3) is 0 Å². The normalized spacial score (nSPS) is 15.8. The first kappa shape index (κ1) is 15.2. The Morgan fingerprint density at radius 2 is 1.67 bits per heavy atom. The lowest BCUT2D eigenvalue weighted by atomic mass is 10.0. The monoisotopic (exact) mass is 289 g/mol. The zero-order valence-corrected chi connectivity index (χ0v) is 12.1. The van der Waals surface area contributed by atoms with Crippen LogP contribution in [0.5, 0.6) is 0 Å². The number of carbonyl (C=O) groups is 3. The van der Waals surface area contributed by atoms with Crippen molar-refractivity contribution in [2.45, 2.75) is 38.6 Å². The minimum absolute atomic E-state index is 0.134. The minimum Gasteiger partial charge on any atom is -0.469 e. The topological polar surface area (TPSA) is 63.7 Å². The Kier molecular flexibility index (Phi) is 5.09. The van der Waals surface area contributed by atoms with E-state index in [1.54, 1.807) is 0 Å². The lowest BCUT2D eigenvalue weighted by molar-refractivity contribution is -0.144. The van der Waals surface area contributed by atoms with Crippen molar-refractivity contribution in [1.82, 2.24) is 4.90 Å². The number of esters is 1. The van der Waals surface area contributed by atoms with Gasteiger partial charge in [0.15, 0.2) is 0 Å². The van der Waals surface area contributed by atoms with E-state index in [2.05, 4.69) is 4.74 Å². The van der Waals surface area contributed by atoms with Gasteiger partial charge in [-0.25, -0.2) is 0 Å². The predicted octanol–water partition coefficient (Wildman–Crippen LogP) is 1.83. The van der Waals surface area contributed by atoms with E-state index >= 15 is 0 Å². The number of imide groups is 1. The van der Waals surface area contributed by atoms with Crippen molar-refractivity contribution >= 4 is 17.8 Å². The van der Waals surface area contributed by atoms with E-state index in [0.717, 1.165) is 24.0 Å². The van der Waals surface area contributed by atoms with E-state index < -0.39 is 0 Å². The molecule has 1 heterocycles. The molecule has 0 atom stereocenters. The maximum atomic E-state index is 12.0. The fourth-order valence-corrected chi connectivity index (χ4v) is 2.42. The smallest absolute Gasteiger partial charge is 0.309 e. The fourth-order valence-electron chi connectivity index (χ4n) is 2.42. The molecule has 5 heteroatoms. The van der Waals surface area contributed by atoms with Crippen LogP contribution in [0.2, 0.25) is 0 Å². The molecule has 0 saturated carbocycles. The standard InChI is InChI=1S/C16H19NO4/c1-21-16(20)10-12-6-2-3-7-13(12)11-17-14(18)8-4-5-9-15(17)19/h2-3,6-7H,4-5,8-11H2,1H3. The molecule has 5 nitrogen and oxygen atoms in total. The molecular weight excluding hydrogens is 270 g/mol. The van der Waals surface area contributed by atoms with Gasteiger partial charge >= 0.3 is 5.97 Å². The summed E-state index contributed by atoms with van der Waals surface area (Å²) < 4.78 is 4.67. The molecule has 2 rings (SSSR count). The van der Waals surface area contributed by atoms with Gasteiger partial charge in [0.05, 0.1) is 20.1 Å². The molecule has 0 bridgehead atoms. The Morgan fingerprint density at radius 1 is 1.10 bits per heavy atom. The molecule has 0 spiro atoms. The number of ether oxygens (including phenoxy) is 1. The zero-order chi connectivity index (χ0) is 15.2. The van der Waals surface area contributed by atoms with E-state index in [9.17, 15) is 14.4 Å². The van der Waals surface area contributed by atoms with Gasteiger partial charge in [-0.05, 0) is 24.0 Å². The van der Waals surface area contributed by atoms with Crippen molar-refractivity contribution < 1.29 is 19.1 Å². The van der Waals surface area contributed by atoms with Crippen molar-refractivity contribution in [2.24, 2.45) is 0 Å². The summed E-state index contributed by atoms with van der Waals surface area (Å²) >= 11 is 0. The van der Waals surface area contributed by atoms with Gasteiger partial charge in [-0.2, -0.15) is 0 Å². The van der Waals surface area contributed by atoms with Crippen molar-refractivity contribution in [1.29, 1.82) is 0 Å². The largest absolute Gasteiger partial charge is 0.469 e. The molecule has 1 aromatic rings. The molecule has 21 heavy (non-hydrogen) atoms. The summed E-state index contributed by atoms with van der Waals surface area (Å²) in [6.07, 6.45) is 2.47. The first-order valence-corrected chi connectivity index (χ1v) is 7.08. The summed E-state index contributed by atoms with van der Waals surface area (Å²) in [4.78, 5) is 36.8. The summed E-state index contributed by atoms with van der Waals surface area (Å²) in [5, 5.41) is 0. The van der Waals surface area contributed by atoms with E-state index in [0.29, 0.717) is 12.8 Å². The van der Waals surface area contributed by atoms with Gasteiger partial charge in [-0.3, -0.25) is 19.3 Å². The lowest BCUT2D eigenvalue weighted by Gasteiger charge is -2.20. The van der Waals surface area contributed by atoms with Crippen LogP contribution in [0.15, 0.2) is 24.3 Å². The van der Waals surface area contributed by atoms with Crippen molar-refractivity contribution in [3.63, 3.8) is 0 Å². The van der Waals surface area contributed by atoms with Gasteiger partial charge in [-0.1, -0.05) is 24.3 Å². The number of hydrogen-bond acceptors (Lipinski definition) is 4. The number of benzene rings is 1. The van der Waals surface area contributed by atoms with Gasteiger partial charge in [0, 0.05) is 12.8 Å². The maximum Gasteiger partial charge on any atom is 0.309 e. The molecule has 1 saturated heterocycles. The number of likely N-dealkylation sites (tertiary alicyclic amines) is 1. The first-order chi connectivity index (χ1) is 10.1. The van der Waals surface area contributed by atoms with E-state index in [1.807, 2.05) is 24.3 Å². The van der Waals surface area contributed by atoms with Crippen LogP contribution in [0.1, 0.15) is 36.8 Å². The number of rotatable bonds is 4. The maximum absolute atomic E-state index is 12.0. The third kappa shape index (κ3) is 3.90. The van der Waals surface area contributed by atoms with Crippen LogP contribution >= 0.6 is 0 Å². The Bertz CT molecular complexity index is 535. The molecular formula is C16H19NO4. The van der Waals surface area contributed by atoms with Crippen LogP contribution < -0.4 is 0 Å². The third-order valence-corrected chi connectivity index (χ3v) is 3.64. The number of hydrogen-bond donors (Lipinski definition) is 0. The number of amides is 2. The van der Waals surface area contributed by atoms with Gasteiger partial charge in [0.1, 0.15) is 0 Å². The zero-order valence-electron chi connectivity index (χ0n) is 12.1. The number of methoxy groups -OCH3 is 1. The van der Waals surface area contributed by atoms with Crippen molar-refractivity contribution in [3.8, 4) is 0 Å². The molecule has 0 unspecified atom stereocenters. The molecule has 0 aliphatic carbocycles. The minimum atomic E-state index is -0.337. The van der Waals surface area contributed by atoms with Crippen LogP contribution in [0.3, 0.4) is 0 Å². The van der Waals surface area contributed by atoms with Crippen LogP contribution in [-0.4, -0.2) is 29.8 Å². The highest BCUT2D eigenvalue weighted by atomic mass is 16.5. The highest BCUT2D eigenvalue weighted by Crippen LogP contribution is 2.18. The summed E-state index contributed by atoms with van der Waals surface area (Å²) in [5.74, 6) is -0.605. The summed E-state index contributed by atoms with van der Waals surface area (Å²) in [7, 11) is 1.34. The predicted molar refractivity (Wildman–Crippen MR) is 76.2 cm³/mol. The average molecular weight is 289 g/mol. The second-order valence-electron chi connectivity index (χ2n) is 5.10. The van der Waals surface area contributed by atoms with Crippen LogP contribution in [0.4, 0.5) is 0 Å². The molecule has 1 aromatic carbocycles. The summed E-state index contributed by atoms with van der Waals surface area (Å²) in [6.45, 7) is 0.227. The molecule has 2 amide bonds. The van der Waals surface area contributed by atoms with Gasteiger partial charge in [-0.15, -0.1) is 0 Å². The highest BCUT2D eigenvalue weighted by Gasteiger charge is 2.24. The van der Waals surface area contributed by atoms with Crippen molar-refractivity contribution in [3.05, 3.63) is 35.4 Å². The van der Waals surface area contributed by atoms with E-state index in [1.165, 1.54) is 12.0 Å². The Hall–Kier alpha value is -2.17. The van der Waals surface area contributed by atoms with Crippen LogP contribution in [0, 0.1) is 0 Å². The Morgan fingerprint density at radius 3 is 2.24 bits per heavy atom. The highest BCUT2D eigenvalue weighted by molar-refractivity contribution is 5.96. The quantitative estimate of drug-likeness (QED) is 0.626. The second kappa shape index (κ2) is 7.02. The Balaban J connectivity index is 2.19. The molecule has 0 aromatic heterocycles. The average Bonchev–Trinajstić information content (AvgIpc) is 2.64. The molecule has 1 aliphatic rings. The Labute approximate surface area is 123 Å². The number of nitrogens with zero attached hydrogens (tertiary/aromatic N) is 1. The SMILES string of the molecule is COC(=O)Cc1ccccc1CN1C(=O)CCCCC1=O. The molecule has 1 fully saturated rings. The van der Waals surface area contributed by atoms with Crippen molar-refractivity contribution in [2.75, 3.05) is 7.11 Å². The number of carbonyl (C=O) groups excluding carboxylic acids is 3. The second-order valence-corrected chi connectivity index (χ2v) is 5.10. The van der Waals surface area contributed by atoms with Crippen LogP contribution in [-0.2, 0) is 32.1 Å². The van der Waals surface area contributed by atoms with E-state index in [-0.39, 0.29) is 30.7 Å². The fraction of sp³-hybridized carbons (Fsp3) is 0.438. The van der Waals surface area contributed by atoms with Gasteiger partial charge in [0.2, 0.25) is 11.8 Å². The van der Waals surface area contributed by atoms with Gasteiger partial charge in [0.25, 0.3) is 0 Å². The lowest BCUT2D eigenvalue weighted by Crippen LogP contribution is -2.34. The van der Waals surface area contributed by atoms with Gasteiger partial charge < -0.3 is 4.74 Å². The molecule has 1 aliphatic heterocycles. The third-order valence-electron chi connectivity index (χ3n) is 3.64. The molecule has 0 radical (unpaired) electrons. The molecule has 0 N–H and O–H groups in total.